The van der Waals surface area contributed by atoms with Gasteiger partial charge < -0.3 is 10.0 Å². The van der Waals surface area contributed by atoms with Crippen molar-refractivity contribution in [2.24, 2.45) is 0 Å². The Labute approximate surface area is 123 Å². The molecule has 2 nitrogen and oxygen atoms in total. The highest BCUT2D eigenvalue weighted by Crippen LogP contribution is 2.18. The van der Waals surface area contributed by atoms with Crippen molar-refractivity contribution in [2.75, 3.05) is 19.6 Å². The van der Waals surface area contributed by atoms with E-state index >= 15 is 0 Å². The van der Waals surface area contributed by atoms with Gasteiger partial charge in [-0.3, -0.25) is 0 Å². The zero-order valence-electron chi connectivity index (χ0n) is 9.81. The van der Waals surface area contributed by atoms with Crippen LogP contribution in [0.3, 0.4) is 0 Å². The molecule has 1 unspecified atom stereocenters. The van der Waals surface area contributed by atoms with Crippen molar-refractivity contribution in [1.82, 2.24) is 4.90 Å². The fourth-order valence-electron chi connectivity index (χ4n) is 2.18. The molecule has 1 aromatic carbocycles. The molecule has 0 radical (unpaired) electrons. The third-order valence-corrected chi connectivity index (χ3v) is 3.85. The average Bonchev–Trinajstić information content (AvgIpc) is 2.31. The van der Waals surface area contributed by atoms with E-state index in [-0.39, 0.29) is 18.5 Å². The number of likely N-dealkylation sites (tertiary alicyclic amines) is 1. The Morgan fingerprint density at radius 3 is 2.29 bits per heavy atom. The molecule has 1 N–H and O–H groups in total. The first kappa shape index (κ1) is 15.2. The van der Waals surface area contributed by atoms with Gasteiger partial charge in [0.25, 0.3) is 0 Å². The monoisotopic (exact) mass is 367 g/mol. The normalized spacial score (nSPS) is 18.5. The van der Waals surface area contributed by atoms with Crippen LogP contribution in [0.15, 0.2) is 24.3 Å². The zero-order valence-corrected chi connectivity index (χ0v) is 12.8. The van der Waals surface area contributed by atoms with E-state index in [1.165, 1.54) is 22.8 Å². The van der Waals surface area contributed by atoms with Gasteiger partial charge in [-0.2, -0.15) is 0 Å². The number of rotatable bonds is 3. The van der Waals surface area contributed by atoms with Gasteiger partial charge in [-0.1, -0.05) is 18.6 Å². The first-order chi connectivity index (χ1) is 7.75. The molecule has 1 atom stereocenters. The molecule has 2 rings (SSSR count). The van der Waals surface area contributed by atoms with Crippen LogP contribution < -0.4 is 0 Å². The lowest BCUT2D eigenvalue weighted by molar-refractivity contribution is 0.101. The fourth-order valence-corrected chi connectivity index (χ4v) is 2.54. The molecule has 96 valence electrons. The van der Waals surface area contributed by atoms with Gasteiger partial charge in [0, 0.05) is 10.1 Å². The number of benzene rings is 1. The molecule has 1 aliphatic heterocycles. The summed E-state index contributed by atoms with van der Waals surface area (Å²) in [5, 5.41) is 10.1. The lowest BCUT2D eigenvalue weighted by atomic mass is 10.1. The third-order valence-electron chi connectivity index (χ3n) is 3.13. The van der Waals surface area contributed by atoms with Crippen molar-refractivity contribution >= 4 is 35.0 Å². The highest BCUT2D eigenvalue weighted by molar-refractivity contribution is 14.1. The minimum Gasteiger partial charge on any atom is -0.387 e. The average molecular weight is 368 g/mol. The lowest BCUT2D eigenvalue weighted by Crippen LogP contribution is -2.33. The number of nitrogens with zero attached hydrogens (tertiary/aromatic N) is 1. The van der Waals surface area contributed by atoms with Gasteiger partial charge in [0.15, 0.2) is 0 Å². The molecular weight excluding hydrogens is 349 g/mol. The Bertz CT molecular complexity index is 325. The third kappa shape index (κ3) is 4.73. The minimum atomic E-state index is -0.338. The summed E-state index contributed by atoms with van der Waals surface area (Å²) in [6.45, 7) is 3.06. The van der Waals surface area contributed by atoms with Crippen LogP contribution in [0.2, 0.25) is 0 Å². The van der Waals surface area contributed by atoms with E-state index in [1.807, 2.05) is 12.1 Å². The molecule has 0 aliphatic carbocycles. The molecule has 0 bridgehead atoms. The van der Waals surface area contributed by atoms with E-state index in [1.54, 1.807) is 0 Å². The molecule has 1 fully saturated rings. The van der Waals surface area contributed by atoms with E-state index in [2.05, 4.69) is 39.6 Å². The van der Waals surface area contributed by atoms with E-state index in [0.717, 1.165) is 25.2 Å². The van der Waals surface area contributed by atoms with Gasteiger partial charge in [0.05, 0.1) is 6.10 Å². The number of halogens is 2. The number of hydrogen-bond donors (Lipinski definition) is 1. The Kier molecular flexibility index (Phi) is 6.77. The van der Waals surface area contributed by atoms with Crippen LogP contribution in [0, 0.1) is 3.57 Å². The summed E-state index contributed by atoms with van der Waals surface area (Å²) in [5.74, 6) is 0. The summed E-state index contributed by atoms with van der Waals surface area (Å²) in [5.41, 5.74) is 1.03. The molecule has 1 saturated heterocycles. The molecule has 0 aromatic heterocycles. The van der Waals surface area contributed by atoms with Crippen LogP contribution in [-0.2, 0) is 0 Å². The molecule has 1 heterocycles. The lowest BCUT2D eigenvalue weighted by Gasteiger charge is -2.28. The van der Waals surface area contributed by atoms with Crippen molar-refractivity contribution in [3.8, 4) is 0 Å². The Morgan fingerprint density at radius 2 is 1.71 bits per heavy atom. The summed E-state index contributed by atoms with van der Waals surface area (Å²) >= 11 is 2.28. The maximum Gasteiger partial charge on any atom is 0.0916 e. The molecule has 1 aromatic rings. The van der Waals surface area contributed by atoms with Crippen LogP contribution in [-0.4, -0.2) is 29.6 Å². The SMILES string of the molecule is Cl.OC(CN1CCCCC1)c1ccc(I)cc1. The van der Waals surface area contributed by atoms with Gasteiger partial charge in [-0.05, 0) is 66.2 Å². The molecule has 0 amide bonds. The number of aliphatic hydroxyl groups is 1. The van der Waals surface area contributed by atoms with Crippen LogP contribution >= 0.6 is 35.0 Å². The second-order valence-electron chi connectivity index (χ2n) is 4.43. The number of aliphatic hydroxyl groups excluding tert-OH is 1. The maximum absolute atomic E-state index is 10.1. The number of piperidine rings is 1. The molecule has 1 aliphatic rings. The van der Waals surface area contributed by atoms with Crippen LogP contribution in [0.5, 0.6) is 0 Å². The summed E-state index contributed by atoms with van der Waals surface area (Å²) in [7, 11) is 0. The predicted molar refractivity (Wildman–Crippen MR) is 81.7 cm³/mol. The van der Waals surface area contributed by atoms with Crippen LogP contribution in [0.4, 0.5) is 0 Å². The molecule has 0 spiro atoms. The quantitative estimate of drug-likeness (QED) is 0.829. The van der Waals surface area contributed by atoms with Gasteiger partial charge in [0.2, 0.25) is 0 Å². The maximum atomic E-state index is 10.1. The summed E-state index contributed by atoms with van der Waals surface area (Å²) in [6.07, 6.45) is 3.56. The summed E-state index contributed by atoms with van der Waals surface area (Å²) < 4.78 is 1.21. The van der Waals surface area contributed by atoms with Crippen molar-refractivity contribution < 1.29 is 5.11 Å². The van der Waals surface area contributed by atoms with Gasteiger partial charge >= 0.3 is 0 Å². The zero-order chi connectivity index (χ0) is 11.4. The topological polar surface area (TPSA) is 23.5 Å². The second-order valence-corrected chi connectivity index (χ2v) is 5.67. The van der Waals surface area contributed by atoms with Crippen molar-refractivity contribution in [3.05, 3.63) is 33.4 Å². The van der Waals surface area contributed by atoms with Crippen molar-refractivity contribution in [1.29, 1.82) is 0 Å². The smallest absolute Gasteiger partial charge is 0.0916 e. The standard InChI is InChI=1S/C13H18INO.ClH/c14-12-6-4-11(5-7-12)13(16)10-15-8-2-1-3-9-15;/h4-7,13,16H,1-3,8-10H2;1H. The van der Waals surface area contributed by atoms with Crippen molar-refractivity contribution in [2.45, 2.75) is 25.4 Å². The summed E-state index contributed by atoms with van der Waals surface area (Å²) in [4.78, 5) is 2.37. The Hall–Kier alpha value is 0.160. The van der Waals surface area contributed by atoms with Gasteiger partial charge in [-0.25, -0.2) is 0 Å². The highest BCUT2D eigenvalue weighted by Gasteiger charge is 2.15. The highest BCUT2D eigenvalue weighted by atomic mass is 127. The van der Waals surface area contributed by atoms with E-state index < -0.39 is 0 Å². The van der Waals surface area contributed by atoms with E-state index in [4.69, 9.17) is 0 Å². The Morgan fingerprint density at radius 1 is 1.12 bits per heavy atom. The van der Waals surface area contributed by atoms with E-state index in [9.17, 15) is 5.11 Å². The van der Waals surface area contributed by atoms with Gasteiger partial charge in [-0.15, -0.1) is 12.4 Å². The molecular formula is C13H19ClINO. The largest absolute Gasteiger partial charge is 0.387 e. The first-order valence-electron chi connectivity index (χ1n) is 5.91. The van der Waals surface area contributed by atoms with E-state index in [0.29, 0.717) is 0 Å². The Balaban J connectivity index is 0.00000144. The molecule has 17 heavy (non-hydrogen) atoms. The summed E-state index contributed by atoms with van der Waals surface area (Å²) in [6, 6.07) is 8.15. The second kappa shape index (κ2) is 7.56. The van der Waals surface area contributed by atoms with Crippen LogP contribution in [0.1, 0.15) is 30.9 Å². The predicted octanol–water partition coefficient (Wildman–Crippen LogP) is 3.23. The van der Waals surface area contributed by atoms with Crippen LogP contribution in [0.25, 0.3) is 0 Å². The molecule has 4 heteroatoms. The fraction of sp³-hybridized carbons (Fsp3) is 0.538. The van der Waals surface area contributed by atoms with Gasteiger partial charge in [0.1, 0.15) is 0 Å². The number of hydrogen-bond acceptors (Lipinski definition) is 2. The van der Waals surface area contributed by atoms with Crippen molar-refractivity contribution in [3.63, 3.8) is 0 Å². The number of β-amino-alcohol motifs (C(OH)–C–C–N with tert-alkyl or cyclic N) is 1. The first-order valence-corrected chi connectivity index (χ1v) is 6.99. The molecule has 0 saturated carbocycles. The minimum absolute atomic E-state index is 0.